The first-order valence-electron chi connectivity index (χ1n) is 4.16. The molecule has 2 heterocycles. The fraction of sp³-hybridized carbons (Fsp3) is 0.250. The molecule has 14 heavy (non-hydrogen) atoms. The molecule has 2 aromatic heterocycles. The SMILES string of the molecule is CCS(=O)(=O)c1nccc2n[nH]cc12. The Morgan fingerprint density at radius 2 is 2.29 bits per heavy atom. The van der Waals surface area contributed by atoms with E-state index in [1.807, 2.05) is 0 Å². The summed E-state index contributed by atoms with van der Waals surface area (Å²) in [6, 6.07) is 1.67. The number of nitrogens with zero attached hydrogens (tertiary/aromatic N) is 2. The lowest BCUT2D eigenvalue weighted by atomic mass is 10.3. The fourth-order valence-electron chi connectivity index (χ4n) is 1.23. The summed E-state index contributed by atoms with van der Waals surface area (Å²) in [5, 5.41) is 7.17. The van der Waals surface area contributed by atoms with Crippen LogP contribution in [0.4, 0.5) is 0 Å². The minimum absolute atomic E-state index is 0.0459. The molecule has 0 radical (unpaired) electrons. The molecule has 0 aliphatic heterocycles. The third-order valence-electron chi connectivity index (χ3n) is 2.00. The van der Waals surface area contributed by atoms with Crippen LogP contribution < -0.4 is 0 Å². The highest BCUT2D eigenvalue weighted by Gasteiger charge is 2.17. The molecular formula is C8H9N3O2S. The van der Waals surface area contributed by atoms with E-state index in [9.17, 15) is 8.42 Å². The second kappa shape index (κ2) is 3.06. The first-order valence-corrected chi connectivity index (χ1v) is 5.81. The van der Waals surface area contributed by atoms with E-state index in [1.165, 1.54) is 6.20 Å². The van der Waals surface area contributed by atoms with Crippen molar-refractivity contribution in [1.82, 2.24) is 15.2 Å². The molecule has 0 fully saturated rings. The van der Waals surface area contributed by atoms with Crippen molar-refractivity contribution in [3.05, 3.63) is 18.5 Å². The van der Waals surface area contributed by atoms with E-state index in [0.29, 0.717) is 10.9 Å². The molecule has 0 bridgehead atoms. The Bertz CT molecular complexity index is 559. The largest absolute Gasteiger partial charge is 0.284 e. The van der Waals surface area contributed by atoms with E-state index in [0.717, 1.165) is 0 Å². The topological polar surface area (TPSA) is 75.7 Å². The van der Waals surface area contributed by atoms with Gasteiger partial charge in [-0.2, -0.15) is 5.10 Å². The fourth-order valence-corrected chi connectivity index (χ4v) is 2.22. The second-order valence-corrected chi connectivity index (χ2v) is 5.03. The van der Waals surface area contributed by atoms with Crippen molar-refractivity contribution in [1.29, 1.82) is 0 Å². The summed E-state index contributed by atoms with van der Waals surface area (Å²) in [6.45, 7) is 1.59. The zero-order valence-corrected chi connectivity index (χ0v) is 8.37. The molecule has 0 aliphatic rings. The summed E-state index contributed by atoms with van der Waals surface area (Å²) in [4.78, 5) is 3.87. The van der Waals surface area contributed by atoms with Crippen LogP contribution in [0.3, 0.4) is 0 Å². The molecule has 0 aromatic carbocycles. The Balaban J connectivity index is 2.81. The van der Waals surface area contributed by atoms with Gasteiger partial charge in [-0.25, -0.2) is 13.4 Å². The van der Waals surface area contributed by atoms with Crippen LogP contribution in [-0.2, 0) is 9.84 Å². The monoisotopic (exact) mass is 211 g/mol. The Kier molecular flexibility index (Phi) is 1.99. The minimum Gasteiger partial charge on any atom is -0.284 e. The van der Waals surface area contributed by atoms with Crippen molar-refractivity contribution >= 4 is 20.7 Å². The zero-order chi connectivity index (χ0) is 10.2. The van der Waals surface area contributed by atoms with Gasteiger partial charge in [-0.05, 0) is 6.07 Å². The number of aromatic amines is 1. The van der Waals surface area contributed by atoms with E-state index < -0.39 is 9.84 Å². The normalized spacial score (nSPS) is 12.1. The molecule has 2 rings (SSSR count). The molecule has 0 saturated carbocycles. The van der Waals surface area contributed by atoms with E-state index >= 15 is 0 Å². The Labute approximate surface area is 81.1 Å². The molecule has 0 atom stereocenters. The van der Waals surface area contributed by atoms with Gasteiger partial charge in [-0.1, -0.05) is 6.92 Å². The van der Waals surface area contributed by atoms with Gasteiger partial charge in [0.15, 0.2) is 14.9 Å². The molecule has 0 saturated heterocycles. The molecule has 74 valence electrons. The molecule has 2 aromatic rings. The summed E-state index contributed by atoms with van der Waals surface area (Å²) < 4.78 is 23.2. The molecule has 0 amide bonds. The summed E-state index contributed by atoms with van der Waals surface area (Å²) in [6.07, 6.45) is 3.00. The van der Waals surface area contributed by atoms with Crippen LogP contribution in [-0.4, -0.2) is 29.4 Å². The van der Waals surface area contributed by atoms with Gasteiger partial charge in [0.05, 0.1) is 16.7 Å². The number of fused-ring (bicyclic) bond motifs is 1. The Hall–Kier alpha value is -1.43. The summed E-state index contributed by atoms with van der Waals surface area (Å²) >= 11 is 0. The number of H-pyrrole nitrogens is 1. The highest BCUT2D eigenvalue weighted by atomic mass is 32.2. The molecule has 0 aliphatic carbocycles. The number of aromatic nitrogens is 3. The van der Waals surface area contributed by atoms with Gasteiger partial charge in [0.2, 0.25) is 0 Å². The van der Waals surface area contributed by atoms with E-state index in [2.05, 4.69) is 15.2 Å². The van der Waals surface area contributed by atoms with E-state index in [4.69, 9.17) is 0 Å². The zero-order valence-electron chi connectivity index (χ0n) is 7.56. The van der Waals surface area contributed by atoms with E-state index in [1.54, 1.807) is 19.2 Å². The number of sulfone groups is 1. The number of hydrogen-bond acceptors (Lipinski definition) is 4. The third kappa shape index (κ3) is 1.27. The van der Waals surface area contributed by atoms with Crippen LogP contribution in [0.15, 0.2) is 23.5 Å². The van der Waals surface area contributed by atoms with Crippen molar-refractivity contribution in [2.45, 2.75) is 11.9 Å². The maximum absolute atomic E-state index is 11.6. The second-order valence-electron chi connectivity index (χ2n) is 2.84. The van der Waals surface area contributed by atoms with Gasteiger partial charge in [0, 0.05) is 12.4 Å². The van der Waals surface area contributed by atoms with Gasteiger partial charge >= 0.3 is 0 Å². The van der Waals surface area contributed by atoms with Crippen LogP contribution in [0.5, 0.6) is 0 Å². The number of pyridine rings is 1. The van der Waals surface area contributed by atoms with Gasteiger partial charge in [-0.3, -0.25) is 5.10 Å². The van der Waals surface area contributed by atoms with Gasteiger partial charge in [-0.15, -0.1) is 0 Å². The van der Waals surface area contributed by atoms with E-state index in [-0.39, 0.29) is 10.8 Å². The van der Waals surface area contributed by atoms with Crippen LogP contribution in [0.1, 0.15) is 6.92 Å². The van der Waals surface area contributed by atoms with Crippen molar-refractivity contribution in [3.63, 3.8) is 0 Å². The summed E-state index contributed by atoms with van der Waals surface area (Å²) in [5.74, 6) is 0.0459. The predicted molar refractivity (Wildman–Crippen MR) is 51.6 cm³/mol. The molecule has 1 N–H and O–H groups in total. The molecule has 6 heteroatoms. The first-order chi connectivity index (χ1) is 6.65. The summed E-state index contributed by atoms with van der Waals surface area (Å²) in [7, 11) is -3.27. The number of hydrogen-bond donors (Lipinski definition) is 1. The quantitative estimate of drug-likeness (QED) is 0.795. The van der Waals surface area contributed by atoms with Crippen molar-refractivity contribution in [2.24, 2.45) is 0 Å². The molecular weight excluding hydrogens is 202 g/mol. The highest BCUT2D eigenvalue weighted by molar-refractivity contribution is 7.91. The van der Waals surface area contributed by atoms with Gasteiger partial charge < -0.3 is 0 Å². The van der Waals surface area contributed by atoms with Crippen LogP contribution in [0.2, 0.25) is 0 Å². The van der Waals surface area contributed by atoms with Crippen LogP contribution >= 0.6 is 0 Å². The van der Waals surface area contributed by atoms with Gasteiger partial charge in [0.25, 0.3) is 0 Å². The lowest BCUT2D eigenvalue weighted by molar-refractivity contribution is 0.595. The number of rotatable bonds is 2. The maximum Gasteiger partial charge on any atom is 0.196 e. The van der Waals surface area contributed by atoms with Crippen LogP contribution in [0.25, 0.3) is 10.9 Å². The van der Waals surface area contributed by atoms with Crippen molar-refractivity contribution < 1.29 is 8.42 Å². The van der Waals surface area contributed by atoms with Gasteiger partial charge in [0.1, 0.15) is 0 Å². The molecule has 0 spiro atoms. The Morgan fingerprint density at radius 1 is 1.50 bits per heavy atom. The average molecular weight is 211 g/mol. The van der Waals surface area contributed by atoms with Crippen molar-refractivity contribution in [2.75, 3.05) is 5.75 Å². The van der Waals surface area contributed by atoms with Crippen LogP contribution in [0, 0.1) is 0 Å². The lowest BCUT2D eigenvalue weighted by Crippen LogP contribution is -2.06. The highest BCUT2D eigenvalue weighted by Crippen LogP contribution is 2.18. The molecule has 0 unspecified atom stereocenters. The smallest absolute Gasteiger partial charge is 0.196 e. The standard InChI is InChI=1S/C8H9N3O2S/c1-2-14(12,13)8-6-5-10-11-7(6)3-4-9-8/h3-5H,2H2,1H3,(H,10,11). The number of nitrogens with one attached hydrogen (secondary N) is 1. The Morgan fingerprint density at radius 3 is 3.00 bits per heavy atom. The minimum atomic E-state index is -3.27. The predicted octanol–water partition coefficient (Wildman–Crippen LogP) is 0.752. The first kappa shape index (κ1) is 9.14. The molecule has 5 nitrogen and oxygen atoms in total. The lowest BCUT2D eigenvalue weighted by Gasteiger charge is -1.99. The maximum atomic E-state index is 11.6. The van der Waals surface area contributed by atoms with Crippen molar-refractivity contribution in [3.8, 4) is 0 Å². The third-order valence-corrected chi connectivity index (χ3v) is 3.67. The summed E-state index contributed by atoms with van der Waals surface area (Å²) in [5.41, 5.74) is 0.618. The average Bonchev–Trinajstić information content (AvgIpc) is 2.64.